The summed E-state index contributed by atoms with van der Waals surface area (Å²) in [7, 11) is -3.96. The minimum Gasteiger partial charge on any atom is -0.480 e. The Kier molecular flexibility index (Phi) is 7.36. The van der Waals surface area contributed by atoms with E-state index in [1.807, 2.05) is 13.8 Å². The molecule has 0 aromatic heterocycles. The number of benzene rings is 1. The number of carboxylic acid groups (broad SMARTS) is 1. The third kappa shape index (κ3) is 5.65. The number of aliphatic carboxylic acids is 1. The number of alkyl carbamates (subject to hydrolysis) is 1. The monoisotopic (exact) mass is 416 g/mol. The van der Waals surface area contributed by atoms with Gasteiger partial charge in [0.15, 0.2) is 0 Å². The lowest BCUT2D eigenvalue weighted by atomic mass is 10.0. The number of carbonyl (C=O) groups excluding carboxylic acids is 1. The van der Waals surface area contributed by atoms with Crippen molar-refractivity contribution in [2.24, 2.45) is 5.92 Å². The molecule has 0 aliphatic carbocycles. The number of carboxylic acids is 1. The molecule has 2 rings (SSSR count). The fourth-order valence-electron chi connectivity index (χ4n) is 3.00. The van der Waals surface area contributed by atoms with Crippen molar-refractivity contribution in [1.29, 1.82) is 0 Å². The molecular formula is C18H25FN2O6S. The molecule has 0 bridgehead atoms. The fourth-order valence-corrected chi connectivity index (χ4v) is 4.54. The summed E-state index contributed by atoms with van der Waals surface area (Å²) in [6.45, 7) is 3.83. The number of piperidine rings is 1. The first-order valence-corrected chi connectivity index (χ1v) is 10.5. The number of hydrogen-bond acceptors (Lipinski definition) is 5. The van der Waals surface area contributed by atoms with Gasteiger partial charge in [0.2, 0.25) is 10.0 Å². The van der Waals surface area contributed by atoms with Crippen molar-refractivity contribution in [2.75, 3.05) is 13.1 Å². The molecule has 1 heterocycles. The summed E-state index contributed by atoms with van der Waals surface area (Å²) in [6, 6.07) is 4.11. The molecule has 1 fully saturated rings. The van der Waals surface area contributed by atoms with E-state index in [9.17, 15) is 22.4 Å². The zero-order valence-electron chi connectivity index (χ0n) is 15.8. The molecule has 1 amide bonds. The summed E-state index contributed by atoms with van der Waals surface area (Å²) in [5.41, 5.74) is 0. The van der Waals surface area contributed by atoms with E-state index < -0.39 is 40.0 Å². The van der Waals surface area contributed by atoms with Crippen LogP contribution in [0.5, 0.6) is 0 Å². The van der Waals surface area contributed by atoms with Crippen molar-refractivity contribution in [1.82, 2.24) is 9.62 Å². The van der Waals surface area contributed by atoms with Gasteiger partial charge in [-0.05, 0) is 37.3 Å². The second kappa shape index (κ2) is 9.33. The van der Waals surface area contributed by atoms with Crippen molar-refractivity contribution < 1.29 is 32.2 Å². The van der Waals surface area contributed by atoms with Gasteiger partial charge < -0.3 is 15.2 Å². The molecule has 2 N–H and O–H groups in total. The molecule has 1 aliphatic heterocycles. The summed E-state index contributed by atoms with van der Waals surface area (Å²) in [6.07, 6.45) is -0.639. The lowest BCUT2D eigenvalue weighted by Crippen LogP contribution is -2.45. The molecule has 10 heteroatoms. The highest BCUT2D eigenvalue weighted by atomic mass is 32.2. The number of nitrogens with one attached hydrogen (secondary N) is 1. The van der Waals surface area contributed by atoms with Crippen LogP contribution < -0.4 is 5.32 Å². The van der Waals surface area contributed by atoms with Gasteiger partial charge in [-0.25, -0.2) is 22.4 Å². The summed E-state index contributed by atoms with van der Waals surface area (Å²) in [5.74, 6) is -1.88. The van der Waals surface area contributed by atoms with Gasteiger partial charge in [0.1, 0.15) is 22.9 Å². The van der Waals surface area contributed by atoms with Gasteiger partial charge in [0, 0.05) is 13.1 Å². The highest BCUT2D eigenvalue weighted by Gasteiger charge is 2.33. The lowest BCUT2D eigenvalue weighted by molar-refractivity contribution is -0.139. The summed E-state index contributed by atoms with van der Waals surface area (Å²) < 4.78 is 45.3. The number of carbonyl (C=O) groups is 2. The first-order chi connectivity index (χ1) is 13.1. The quantitative estimate of drug-likeness (QED) is 0.705. The molecule has 0 radical (unpaired) electrons. The van der Waals surface area contributed by atoms with E-state index >= 15 is 0 Å². The molecule has 1 aromatic carbocycles. The molecule has 1 atom stereocenters. The lowest BCUT2D eigenvalue weighted by Gasteiger charge is -2.31. The SMILES string of the molecule is CC(C)C[C@H](NC(=O)OC1CCN(S(=O)(=O)c2ccccc2F)CC1)C(=O)O. The minimum atomic E-state index is -3.96. The van der Waals surface area contributed by atoms with Crippen LogP contribution in [-0.4, -0.2) is 55.1 Å². The van der Waals surface area contributed by atoms with Crippen LogP contribution in [0.25, 0.3) is 0 Å². The zero-order valence-corrected chi connectivity index (χ0v) is 16.6. The largest absolute Gasteiger partial charge is 0.480 e. The van der Waals surface area contributed by atoms with Gasteiger partial charge >= 0.3 is 12.1 Å². The Bertz CT molecular complexity index is 806. The third-order valence-corrected chi connectivity index (χ3v) is 6.36. The van der Waals surface area contributed by atoms with Crippen LogP contribution in [0.3, 0.4) is 0 Å². The number of halogens is 1. The Morgan fingerprint density at radius 2 is 1.89 bits per heavy atom. The Balaban J connectivity index is 1.91. The topological polar surface area (TPSA) is 113 Å². The van der Waals surface area contributed by atoms with Crippen LogP contribution in [0.1, 0.15) is 33.1 Å². The van der Waals surface area contributed by atoms with E-state index in [2.05, 4.69) is 5.32 Å². The maximum Gasteiger partial charge on any atom is 0.408 e. The molecule has 156 valence electrons. The number of sulfonamides is 1. The molecule has 28 heavy (non-hydrogen) atoms. The molecule has 1 saturated heterocycles. The smallest absolute Gasteiger partial charge is 0.408 e. The van der Waals surface area contributed by atoms with Gasteiger partial charge in [-0.2, -0.15) is 4.31 Å². The van der Waals surface area contributed by atoms with Gasteiger partial charge in [-0.3, -0.25) is 0 Å². The highest BCUT2D eigenvalue weighted by Crippen LogP contribution is 2.24. The molecule has 8 nitrogen and oxygen atoms in total. The third-order valence-electron chi connectivity index (χ3n) is 4.43. The predicted octanol–water partition coefficient (Wildman–Crippen LogP) is 2.20. The van der Waals surface area contributed by atoms with Crippen LogP contribution in [0.15, 0.2) is 29.2 Å². The summed E-state index contributed by atoms with van der Waals surface area (Å²) >= 11 is 0. The predicted molar refractivity (Wildman–Crippen MR) is 98.7 cm³/mol. The normalized spacial score (nSPS) is 17.3. The number of hydrogen-bond donors (Lipinski definition) is 2. The van der Waals surface area contributed by atoms with Crippen LogP contribution in [0, 0.1) is 11.7 Å². The van der Waals surface area contributed by atoms with E-state index in [1.54, 1.807) is 0 Å². The summed E-state index contributed by atoms with van der Waals surface area (Å²) in [4.78, 5) is 22.8. The maximum absolute atomic E-state index is 13.8. The average molecular weight is 416 g/mol. The number of nitrogens with zero attached hydrogens (tertiary/aromatic N) is 1. The Morgan fingerprint density at radius 3 is 2.43 bits per heavy atom. The highest BCUT2D eigenvalue weighted by molar-refractivity contribution is 7.89. The minimum absolute atomic E-state index is 0.0724. The first kappa shape index (κ1) is 22.1. The first-order valence-electron chi connectivity index (χ1n) is 9.06. The molecule has 0 spiro atoms. The van der Waals surface area contributed by atoms with Gasteiger partial charge in [0.25, 0.3) is 0 Å². The molecule has 1 aliphatic rings. The van der Waals surface area contributed by atoms with Crippen molar-refractivity contribution in [2.45, 2.75) is 50.2 Å². The molecule has 1 aromatic rings. The number of amides is 1. The van der Waals surface area contributed by atoms with Gasteiger partial charge in [-0.1, -0.05) is 26.0 Å². The molecular weight excluding hydrogens is 391 g/mol. The zero-order chi connectivity index (χ0) is 20.9. The van der Waals surface area contributed by atoms with Crippen LogP contribution in [0.4, 0.5) is 9.18 Å². The maximum atomic E-state index is 13.8. The molecule has 0 saturated carbocycles. The van der Waals surface area contributed by atoms with Crippen LogP contribution >= 0.6 is 0 Å². The van der Waals surface area contributed by atoms with E-state index in [0.29, 0.717) is 0 Å². The standard InChI is InChI=1S/C18H25FN2O6S/c1-12(2)11-15(17(22)23)20-18(24)27-13-7-9-21(10-8-13)28(25,26)16-6-4-3-5-14(16)19/h3-6,12-13,15H,7-11H2,1-2H3,(H,20,24)(H,22,23)/t15-/m0/s1. The van der Waals surface area contributed by atoms with Crippen LogP contribution in [0.2, 0.25) is 0 Å². The molecule has 0 unspecified atom stereocenters. The Morgan fingerprint density at radius 1 is 1.29 bits per heavy atom. The Labute approximate surface area is 163 Å². The summed E-state index contributed by atoms with van der Waals surface area (Å²) in [5, 5.41) is 11.5. The van der Waals surface area contributed by atoms with E-state index in [-0.39, 0.29) is 43.2 Å². The average Bonchev–Trinajstić information content (AvgIpc) is 2.61. The van der Waals surface area contributed by atoms with E-state index in [0.717, 1.165) is 10.4 Å². The van der Waals surface area contributed by atoms with E-state index in [1.165, 1.54) is 18.2 Å². The van der Waals surface area contributed by atoms with Gasteiger partial charge in [0.05, 0.1) is 0 Å². The number of rotatable bonds is 7. The fraction of sp³-hybridized carbons (Fsp3) is 0.556. The van der Waals surface area contributed by atoms with Crippen molar-refractivity contribution in [3.05, 3.63) is 30.1 Å². The van der Waals surface area contributed by atoms with Crippen molar-refractivity contribution >= 4 is 22.1 Å². The second-order valence-electron chi connectivity index (χ2n) is 7.10. The Hall–Kier alpha value is -2.20. The van der Waals surface area contributed by atoms with Gasteiger partial charge in [-0.15, -0.1) is 0 Å². The van der Waals surface area contributed by atoms with Crippen molar-refractivity contribution in [3.63, 3.8) is 0 Å². The van der Waals surface area contributed by atoms with Crippen LogP contribution in [-0.2, 0) is 19.6 Å². The van der Waals surface area contributed by atoms with E-state index in [4.69, 9.17) is 9.84 Å². The second-order valence-corrected chi connectivity index (χ2v) is 9.01. The number of ether oxygens (including phenoxy) is 1. The van der Waals surface area contributed by atoms with Crippen molar-refractivity contribution in [3.8, 4) is 0 Å².